The van der Waals surface area contributed by atoms with Crippen LogP contribution in [0.2, 0.25) is 5.02 Å². The van der Waals surface area contributed by atoms with Gasteiger partial charge in [-0.15, -0.1) is 0 Å². The lowest BCUT2D eigenvalue weighted by Gasteiger charge is -2.39. The van der Waals surface area contributed by atoms with E-state index >= 15 is 0 Å². The molecule has 2 nitrogen and oxygen atoms in total. The van der Waals surface area contributed by atoms with Crippen LogP contribution in [0.5, 0.6) is 5.75 Å². The molecule has 3 unspecified atom stereocenters. The average molecular weight is 280 g/mol. The molecular formula is C16H22ClNO. The van der Waals surface area contributed by atoms with Gasteiger partial charge in [-0.3, -0.25) is 0 Å². The van der Waals surface area contributed by atoms with Gasteiger partial charge in [0.05, 0.1) is 10.7 Å². The zero-order valence-corrected chi connectivity index (χ0v) is 12.6. The van der Waals surface area contributed by atoms with Crippen LogP contribution in [0.3, 0.4) is 0 Å². The van der Waals surface area contributed by atoms with Gasteiger partial charge in [-0.1, -0.05) is 38.4 Å². The molecule has 2 aliphatic rings. The van der Waals surface area contributed by atoms with Crippen LogP contribution >= 0.6 is 11.6 Å². The third kappa shape index (κ3) is 1.69. The average Bonchev–Trinajstić information content (AvgIpc) is 2.68. The Labute approximate surface area is 120 Å². The first-order valence-electron chi connectivity index (χ1n) is 7.07. The monoisotopic (exact) mass is 279 g/mol. The molecule has 0 aliphatic heterocycles. The summed E-state index contributed by atoms with van der Waals surface area (Å²) in [6.45, 7) is 7.14. The molecular weight excluding hydrogens is 258 g/mol. The molecule has 19 heavy (non-hydrogen) atoms. The van der Waals surface area contributed by atoms with Crippen LogP contribution in [0.1, 0.15) is 40.0 Å². The normalized spacial score (nSPS) is 35.6. The molecule has 2 aliphatic carbocycles. The molecule has 104 valence electrons. The lowest BCUT2D eigenvalue weighted by atomic mass is 9.70. The molecule has 2 bridgehead atoms. The summed E-state index contributed by atoms with van der Waals surface area (Å²) in [5.74, 6) is 1.50. The molecule has 0 saturated heterocycles. The molecule has 3 rings (SSSR count). The first kappa shape index (κ1) is 13.1. The number of benzene rings is 1. The SMILES string of the molecule is CC1(C)C2CCC1(C)C(Oc1cccc(Cl)c1N)C2. The van der Waals surface area contributed by atoms with Crippen LogP contribution in [0.15, 0.2) is 18.2 Å². The van der Waals surface area contributed by atoms with E-state index in [1.165, 1.54) is 12.8 Å². The predicted octanol–water partition coefficient (Wildman–Crippen LogP) is 4.52. The number of nitrogens with two attached hydrogens (primary N) is 1. The fraction of sp³-hybridized carbons (Fsp3) is 0.625. The van der Waals surface area contributed by atoms with Crippen LogP contribution < -0.4 is 10.5 Å². The van der Waals surface area contributed by atoms with Crippen molar-refractivity contribution in [2.24, 2.45) is 16.7 Å². The number of halogens is 1. The highest BCUT2D eigenvalue weighted by Crippen LogP contribution is 2.66. The number of ether oxygens (including phenoxy) is 1. The number of para-hydroxylation sites is 1. The first-order valence-corrected chi connectivity index (χ1v) is 7.45. The largest absolute Gasteiger partial charge is 0.488 e. The van der Waals surface area contributed by atoms with Crippen LogP contribution in [0, 0.1) is 16.7 Å². The molecule has 2 saturated carbocycles. The van der Waals surface area contributed by atoms with Crippen molar-refractivity contribution < 1.29 is 4.74 Å². The smallest absolute Gasteiger partial charge is 0.144 e. The van der Waals surface area contributed by atoms with E-state index in [9.17, 15) is 0 Å². The Hall–Kier alpha value is -0.890. The van der Waals surface area contributed by atoms with Gasteiger partial charge in [-0.05, 0) is 42.7 Å². The first-order chi connectivity index (χ1) is 8.86. The maximum absolute atomic E-state index is 6.25. The Morgan fingerprint density at radius 3 is 2.63 bits per heavy atom. The van der Waals surface area contributed by atoms with E-state index in [4.69, 9.17) is 22.1 Å². The topological polar surface area (TPSA) is 35.2 Å². The van der Waals surface area contributed by atoms with Gasteiger partial charge in [0, 0.05) is 5.41 Å². The van der Waals surface area contributed by atoms with E-state index in [1.807, 2.05) is 12.1 Å². The minimum Gasteiger partial charge on any atom is -0.488 e. The van der Waals surface area contributed by atoms with Gasteiger partial charge in [0.15, 0.2) is 0 Å². The number of anilines is 1. The second kappa shape index (κ2) is 4.05. The number of hydrogen-bond acceptors (Lipinski definition) is 2. The maximum Gasteiger partial charge on any atom is 0.144 e. The number of hydrogen-bond donors (Lipinski definition) is 1. The van der Waals surface area contributed by atoms with Crippen LogP contribution in [-0.4, -0.2) is 6.10 Å². The summed E-state index contributed by atoms with van der Waals surface area (Å²) in [5, 5.41) is 0.574. The lowest BCUT2D eigenvalue weighted by molar-refractivity contribution is 0.0306. The maximum atomic E-state index is 6.25. The third-order valence-electron chi connectivity index (χ3n) is 6.00. The Morgan fingerprint density at radius 2 is 2.05 bits per heavy atom. The summed E-state index contributed by atoms with van der Waals surface area (Å²) >= 11 is 6.06. The standard InChI is InChI=1S/C16H22ClNO/c1-15(2)10-7-8-16(15,3)13(9-10)19-12-6-4-5-11(17)14(12)18/h4-6,10,13H,7-9,18H2,1-3H3. The zero-order chi connectivity index (χ0) is 13.8. The number of fused-ring (bicyclic) bond motifs is 2. The van der Waals surface area contributed by atoms with Crippen molar-refractivity contribution in [3.05, 3.63) is 23.2 Å². The summed E-state index contributed by atoms with van der Waals surface area (Å²) in [5.41, 5.74) is 7.17. The molecule has 2 N–H and O–H groups in total. The second-order valence-electron chi connectivity index (χ2n) is 6.87. The van der Waals surface area contributed by atoms with Crippen molar-refractivity contribution >= 4 is 17.3 Å². The Balaban J connectivity index is 1.88. The van der Waals surface area contributed by atoms with Crippen molar-refractivity contribution in [3.8, 4) is 5.75 Å². The third-order valence-corrected chi connectivity index (χ3v) is 6.33. The molecule has 3 atom stereocenters. The van der Waals surface area contributed by atoms with Gasteiger partial charge < -0.3 is 10.5 Å². The van der Waals surface area contributed by atoms with E-state index in [0.29, 0.717) is 16.1 Å². The van der Waals surface area contributed by atoms with Crippen molar-refractivity contribution in [2.45, 2.75) is 46.1 Å². The Kier molecular flexibility index (Phi) is 2.79. The Morgan fingerprint density at radius 1 is 1.32 bits per heavy atom. The van der Waals surface area contributed by atoms with Gasteiger partial charge in [-0.2, -0.15) is 0 Å². The molecule has 0 spiro atoms. The molecule has 1 aromatic carbocycles. The highest BCUT2D eigenvalue weighted by Gasteiger charge is 2.62. The molecule has 0 heterocycles. The molecule has 3 heteroatoms. The quantitative estimate of drug-likeness (QED) is 0.808. The lowest BCUT2D eigenvalue weighted by Crippen LogP contribution is -2.39. The molecule has 2 fully saturated rings. The Bertz CT molecular complexity index is 513. The minimum absolute atomic E-state index is 0.242. The summed E-state index contributed by atoms with van der Waals surface area (Å²) < 4.78 is 6.25. The number of nitrogen functional groups attached to an aromatic ring is 1. The molecule has 0 radical (unpaired) electrons. The van der Waals surface area contributed by atoms with E-state index < -0.39 is 0 Å². The van der Waals surface area contributed by atoms with Gasteiger partial charge >= 0.3 is 0 Å². The highest BCUT2D eigenvalue weighted by molar-refractivity contribution is 6.33. The number of rotatable bonds is 2. The van der Waals surface area contributed by atoms with Gasteiger partial charge in [0.1, 0.15) is 11.9 Å². The van der Waals surface area contributed by atoms with Crippen molar-refractivity contribution in [1.82, 2.24) is 0 Å². The minimum atomic E-state index is 0.242. The summed E-state index contributed by atoms with van der Waals surface area (Å²) in [6, 6.07) is 5.62. The van der Waals surface area contributed by atoms with Crippen molar-refractivity contribution in [2.75, 3.05) is 5.73 Å². The zero-order valence-electron chi connectivity index (χ0n) is 11.9. The van der Waals surface area contributed by atoms with Gasteiger partial charge in [0.2, 0.25) is 0 Å². The van der Waals surface area contributed by atoms with Gasteiger partial charge in [0.25, 0.3) is 0 Å². The van der Waals surface area contributed by atoms with Gasteiger partial charge in [-0.25, -0.2) is 0 Å². The van der Waals surface area contributed by atoms with Crippen LogP contribution in [-0.2, 0) is 0 Å². The molecule has 0 aromatic heterocycles. The summed E-state index contributed by atoms with van der Waals surface area (Å²) in [4.78, 5) is 0. The summed E-state index contributed by atoms with van der Waals surface area (Å²) in [6.07, 6.45) is 3.96. The van der Waals surface area contributed by atoms with Crippen molar-refractivity contribution in [1.29, 1.82) is 0 Å². The van der Waals surface area contributed by atoms with E-state index in [-0.39, 0.29) is 11.5 Å². The second-order valence-corrected chi connectivity index (χ2v) is 7.28. The molecule has 0 amide bonds. The fourth-order valence-corrected chi connectivity index (χ4v) is 4.25. The summed E-state index contributed by atoms with van der Waals surface area (Å²) in [7, 11) is 0. The van der Waals surface area contributed by atoms with Crippen molar-refractivity contribution in [3.63, 3.8) is 0 Å². The van der Waals surface area contributed by atoms with Crippen LogP contribution in [0.25, 0.3) is 0 Å². The fourth-order valence-electron chi connectivity index (χ4n) is 4.08. The van der Waals surface area contributed by atoms with Crippen LogP contribution in [0.4, 0.5) is 5.69 Å². The predicted molar refractivity (Wildman–Crippen MR) is 79.5 cm³/mol. The highest BCUT2D eigenvalue weighted by atomic mass is 35.5. The molecule has 1 aromatic rings. The van der Waals surface area contributed by atoms with E-state index in [2.05, 4.69) is 20.8 Å². The van der Waals surface area contributed by atoms with E-state index in [0.717, 1.165) is 18.1 Å². The van der Waals surface area contributed by atoms with E-state index in [1.54, 1.807) is 6.07 Å².